The number of carbonyl (C=O) groups is 1. The van der Waals surface area contributed by atoms with Gasteiger partial charge in [-0.3, -0.25) is 9.69 Å². The molecule has 134 valence electrons. The highest BCUT2D eigenvalue weighted by molar-refractivity contribution is 6.09. The van der Waals surface area contributed by atoms with Crippen molar-refractivity contribution in [1.29, 1.82) is 0 Å². The quantitative estimate of drug-likeness (QED) is 0.730. The molecule has 1 unspecified atom stereocenters. The second kappa shape index (κ2) is 6.32. The monoisotopic (exact) mass is 360 g/mol. The minimum Gasteiger partial charge on any atom is -0.369 e. The summed E-state index contributed by atoms with van der Waals surface area (Å²) < 4.78 is 13.5. The number of benzene rings is 2. The zero-order valence-electron chi connectivity index (χ0n) is 14.6. The van der Waals surface area contributed by atoms with Crippen molar-refractivity contribution < 1.29 is 9.18 Å². The molecule has 2 N–H and O–H groups in total. The van der Waals surface area contributed by atoms with Crippen LogP contribution < -0.4 is 5.73 Å². The van der Waals surface area contributed by atoms with Gasteiger partial charge in [0.25, 0.3) is 5.91 Å². The van der Waals surface area contributed by atoms with Crippen LogP contribution >= 0.6 is 0 Å². The third-order valence-corrected chi connectivity index (χ3v) is 4.77. The number of aromatic nitrogens is 1. The first-order valence-electron chi connectivity index (χ1n) is 8.44. The molecule has 0 bridgehead atoms. The topological polar surface area (TPSA) is 71.6 Å². The van der Waals surface area contributed by atoms with Crippen LogP contribution in [-0.4, -0.2) is 28.8 Å². The fourth-order valence-electron chi connectivity index (χ4n) is 3.37. The summed E-state index contributed by atoms with van der Waals surface area (Å²) >= 11 is 0. The number of pyridine rings is 1. The minimum absolute atomic E-state index is 0.157. The van der Waals surface area contributed by atoms with Crippen LogP contribution in [0.25, 0.3) is 11.1 Å². The molecule has 1 atom stereocenters. The van der Waals surface area contributed by atoms with Crippen molar-refractivity contribution in [3.05, 3.63) is 90.0 Å². The number of nitrogens with two attached hydrogens (primary N) is 1. The first kappa shape index (κ1) is 16.9. The lowest BCUT2D eigenvalue weighted by Gasteiger charge is -2.26. The Bertz CT molecular complexity index is 1050. The molecule has 0 saturated heterocycles. The van der Waals surface area contributed by atoms with Crippen LogP contribution in [0.15, 0.2) is 77.9 Å². The smallest absolute Gasteiger partial charge is 0.266 e. The van der Waals surface area contributed by atoms with Crippen molar-refractivity contribution >= 4 is 11.9 Å². The predicted molar refractivity (Wildman–Crippen MR) is 101 cm³/mol. The number of amides is 1. The largest absolute Gasteiger partial charge is 0.369 e. The van der Waals surface area contributed by atoms with E-state index in [1.807, 2.05) is 54.6 Å². The van der Waals surface area contributed by atoms with Crippen molar-refractivity contribution in [2.45, 2.75) is 5.54 Å². The van der Waals surface area contributed by atoms with Gasteiger partial charge in [-0.2, -0.15) is 4.39 Å². The zero-order valence-corrected chi connectivity index (χ0v) is 14.6. The van der Waals surface area contributed by atoms with Crippen LogP contribution in [0.3, 0.4) is 0 Å². The maximum atomic E-state index is 13.5. The Kier molecular flexibility index (Phi) is 3.96. The normalized spacial score (nSPS) is 19.3. The standard InChI is InChI=1S/C21H17FN4O/c1-26-19(27)21(25-20(26)23,16-7-3-2-4-8-16)17-9-5-6-14(12-17)15-10-11-24-18(22)13-15/h2-13H,1H3,(H2,23,25). The van der Waals surface area contributed by atoms with Crippen molar-refractivity contribution in [3.8, 4) is 11.1 Å². The van der Waals surface area contributed by atoms with E-state index in [1.54, 1.807) is 13.1 Å². The van der Waals surface area contributed by atoms with E-state index in [0.29, 0.717) is 11.1 Å². The molecule has 1 amide bonds. The second-order valence-corrected chi connectivity index (χ2v) is 6.36. The van der Waals surface area contributed by atoms with E-state index in [1.165, 1.54) is 17.2 Å². The van der Waals surface area contributed by atoms with Gasteiger partial charge in [-0.25, -0.2) is 9.98 Å². The van der Waals surface area contributed by atoms with E-state index in [2.05, 4.69) is 9.98 Å². The van der Waals surface area contributed by atoms with Crippen LogP contribution in [0.2, 0.25) is 0 Å². The molecule has 1 aliphatic rings. The third kappa shape index (κ3) is 2.66. The summed E-state index contributed by atoms with van der Waals surface area (Å²) in [6, 6.07) is 19.7. The highest BCUT2D eigenvalue weighted by Crippen LogP contribution is 2.40. The summed E-state index contributed by atoms with van der Waals surface area (Å²) in [7, 11) is 1.61. The fraction of sp³-hybridized carbons (Fsp3) is 0.0952. The number of nitrogens with zero attached hydrogens (tertiary/aromatic N) is 3. The number of aliphatic imine (C=N–C) groups is 1. The van der Waals surface area contributed by atoms with Gasteiger partial charge in [0.15, 0.2) is 11.5 Å². The maximum absolute atomic E-state index is 13.5. The summed E-state index contributed by atoms with van der Waals surface area (Å²) in [6.07, 6.45) is 1.41. The van der Waals surface area contributed by atoms with E-state index in [0.717, 1.165) is 11.1 Å². The van der Waals surface area contributed by atoms with Gasteiger partial charge >= 0.3 is 0 Å². The number of carbonyl (C=O) groups excluding carboxylic acids is 1. The molecule has 0 fully saturated rings. The van der Waals surface area contributed by atoms with Gasteiger partial charge in [-0.05, 0) is 34.4 Å². The van der Waals surface area contributed by atoms with E-state index in [9.17, 15) is 9.18 Å². The molecule has 3 aromatic rings. The molecule has 6 heteroatoms. The third-order valence-electron chi connectivity index (χ3n) is 4.77. The maximum Gasteiger partial charge on any atom is 0.266 e. The molecule has 2 heterocycles. The zero-order chi connectivity index (χ0) is 19.0. The highest BCUT2D eigenvalue weighted by Gasteiger charge is 2.49. The molecule has 2 aromatic carbocycles. The Morgan fingerprint density at radius 3 is 2.33 bits per heavy atom. The molecule has 4 rings (SSSR count). The summed E-state index contributed by atoms with van der Waals surface area (Å²) in [4.78, 5) is 22.7. The molecule has 0 saturated carbocycles. The lowest BCUT2D eigenvalue weighted by Crippen LogP contribution is -2.41. The minimum atomic E-state index is -1.26. The van der Waals surface area contributed by atoms with E-state index in [4.69, 9.17) is 5.73 Å². The molecule has 27 heavy (non-hydrogen) atoms. The van der Waals surface area contributed by atoms with Crippen molar-refractivity contribution in [3.63, 3.8) is 0 Å². The average Bonchev–Trinajstić information content (AvgIpc) is 2.94. The SMILES string of the molecule is CN1C(=O)C(c2ccccc2)(c2cccc(-c3ccnc(F)c3)c2)N=C1N. The Labute approximate surface area is 156 Å². The number of guanidine groups is 1. The van der Waals surface area contributed by atoms with Gasteiger partial charge < -0.3 is 5.73 Å². The summed E-state index contributed by atoms with van der Waals surface area (Å²) in [5.41, 5.74) is 7.55. The van der Waals surface area contributed by atoms with Gasteiger partial charge in [-0.1, -0.05) is 48.5 Å². The number of likely N-dealkylation sites (N-methyl/N-ethyl adjacent to an activating group) is 1. The lowest BCUT2D eigenvalue weighted by atomic mass is 9.82. The Hall–Kier alpha value is -3.54. The second-order valence-electron chi connectivity index (χ2n) is 6.36. The Morgan fingerprint density at radius 1 is 0.963 bits per heavy atom. The van der Waals surface area contributed by atoms with Crippen LogP contribution in [0.1, 0.15) is 11.1 Å². The average molecular weight is 360 g/mol. The first-order valence-corrected chi connectivity index (χ1v) is 8.44. The molecule has 5 nitrogen and oxygen atoms in total. The van der Waals surface area contributed by atoms with Crippen LogP contribution in [0.4, 0.5) is 4.39 Å². The Balaban J connectivity index is 1.93. The van der Waals surface area contributed by atoms with E-state index in [-0.39, 0.29) is 11.9 Å². The summed E-state index contributed by atoms with van der Waals surface area (Å²) in [5.74, 6) is -0.636. The number of rotatable bonds is 3. The predicted octanol–water partition coefficient (Wildman–Crippen LogP) is 2.92. The van der Waals surface area contributed by atoms with Crippen molar-refractivity contribution in [1.82, 2.24) is 9.88 Å². The van der Waals surface area contributed by atoms with Crippen molar-refractivity contribution in [2.24, 2.45) is 10.7 Å². The van der Waals surface area contributed by atoms with Gasteiger partial charge in [0.2, 0.25) is 5.95 Å². The fourth-order valence-corrected chi connectivity index (χ4v) is 3.37. The van der Waals surface area contributed by atoms with Crippen LogP contribution in [-0.2, 0) is 10.3 Å². The van der Waals surface area contributed by atoms with E-state index >= 15 is 0 Å². The molecule has 1 aromatic heterocycles. The van der Waals surface area contributed by atoms with Crippen LogP contribution in [0.5, 0.6) is 0 Å². The number of hydrogen-bond donors (Lipinski definition) is 1. The van der Waals surface area contributed by atoms with Crippen molar-refractivity contribution in [2.75, 3.05) is 7.05 Å². The van der Waals surface area contributed by atoms with Gasteiger partial charge in [0.05, 0.1) is 0 Å². The lowest BCUT2D eigenvalue weighted by molar-refractivity contribution is -0.129. The van der Waals surface area contributed by atoms with Gasteiger partial charge in [0.1, 0.15) is 0 Å². The molecular weight excluding hydrogens is 343 g/mol. The molecule has 1 aliphatic heterocycles. The first-order chi connectivity index (χ1) is 13.0. The Morgan fingerprint density at radius 2 is 1.67 bits per heavy atom. The summed E-state index contributed by atoms with van der Waals surface area (Å²) in [5, 5.41) is 0. The molecule has 0 radical (unpaired) electrons. The van der Waals surface area contributed by atoms with Crippen LogP contribution in [0, 0.1) is 5.95 Å². The summed E-state index contributed by atoms with van der Waals surface area (Å²) in [6.45, 7) is 0. The molecule has 0 aliphatic carbocycles. The number of halogens is 1. The molecular formula is C21H17FN4O. The number of hydrogen-bond acceptors (Lipinski definition) is 4. The van der Waals surface area contributed by atoms with Gasteiger partial charge in [0, 0.05) is 19.3 Å². The van der Waals surface area contributed by atoms with Gasteiger partial charge in [-0.15, -0.1) is 0 Å². The highest BCUT2D eigenvalue weighted by atomic mass is 19.1. The molecule has 0 spiro atoms. The van der Waals surface area contributed by atoms with E-state index < -0.39 is 11.5 Å².